The molecule has 0 aliphatic heterocycles. The van der Waals surface area contributed by atoms with Gasteiger partial charge in [-0.15, -0.1) is 24.0 Å². The van der Waals surface area contributed by atoms with E-state index in [1.54, 1.807) is 19.2 Å². The number of nitrogens with one attached hydrogen (secondary N) is 2. The van der Waals surface area contributed by atoms with Gasteiger partial charge in [0.05, 0.1) is 11.6 Å². The molecule has 1 aromatic carbocycles. The maximum Gasteiger partial charge on any atom is 0.191 e. The molecule has 0 spiro atoms. The summed E-state index contributed by atoms with van der Waals surface area (Å²) in [7, 11) is 1.71. The smallest absolute Gasteiger partial charge is 0.191 e. The summed E-state index contributed by atoms with van der Waals surface area (Å²) in [6.07, 6.45) is 5.98. The second kappa shape index (κ2) is 12.1. The highest BCUT2D eigenvalue weighted by atomic mass is 127. The number of guanidine groups is 1. The Bertz CT molecular complexity index is 654. The van der Waals surface area contributed by atoms with Crippen LogP contribution < -0.4 is 10.6 Å². The van der Waals surface area contributed by atoms with Crippen molar-refractivity contribution < 1.29 is 9.13 Å². The Morgan fingerprint density at radius 2 is 2.07 bits per heavy atom. The number of hydrogen-bond donors (Lipinski definition) is 2. The molecule has 0 unspecified atom stereocenters. The summed E-state index contributed by atoms with van der Waals surface area (Å²) < 4.78 is 19.5. The molecule has 0 radical (unpaired) electrons. The van der Waals surface area contributed by atoms with Gasteiger partial charge in [0.1, 0.15) is 5.82 Å². The molecule has 1 aromatic rings. The number of nitrogens with zero attached hydrogens (tertiary/aromatic N) is 2. The Kier molecular flexibility index (Phi) is 10.6. The Balaban J connectivity index is 0.00000364. The molecule has 0 amide bonds. The Hall–Kier alpha value is -1.40. The van der Waals surface area contributed by atoms with Crippen LogP contribution in [0.3, 0.4) is 0 Å². The number of hydrogen-bond acceptors (Lipinski definition) is 3. The first kappa shape index (κ1) is 23.6. The van der Waals surface area contributed by atoms with Crippen molar-refractivity contribution in [1.29, 1.82) is 5.26 Å². The molecule has 7 heteroatoms. The van der Waals surface area contributed by atoms with E-state index in [0.717, 1.165) is 26.2 Å². The highest BCUT2D eigenvalue weighted by Gasteiger charge is 2.33. The van der Waals surface area contributed by atoms with Crippen LogP contribution in [0.1, 0.15) is 50.2 Å². The summed E-state index contributed by atoms with van der Waals surface area (Å²) in [4.78, 5) is 4.24. The Labute approximate surface area is 178 Å². The highest BCUT2D eigenvalue weighted by molar-refractivity contribution is 14.0. The molecule has 1 fully saturated rings. The van der Waals surface area contributed by atoms with Crippen LogP contribution in [0.4, 0.5) is 4.39 Å². The van der Waals surface area contributed by atoms with Crippen LogP contribution in [0.5, 0.6) is 0 Å². The zero-order chi connectivity index (χ0) is 18.8. The fraction of sp³-hybridized carbons (Fsp3) is 0.600. The zero-order valence-corrected chi connectivity index (χ0v) is 18.5. The van der Waals surface area contributed by atoms with Crippen LogP contribution in [0.2, 0.25) is 0 Å². The summed E-state index contributed by atoms with van der Waals surface area (Å²) >= 11 is 0. The van der Waals surface area contributed by atoms with E-state index in [0.29, 0.717) is 23.6 Å². The number of nitriles is 1. The predicted molar refractivity (Wildman–Crippen MR) is 117 cm³/mol. The van der Waals surface area contributed by atoms with E-state index in [4.69, 9.17) is 10.00 Å². The minimum absolute atomic E-state index is 0. The van der Waals surface area contributed by atoms with Gasteiger partial charge in [-0.25, -0.2) is 4.39 Å². The minimum atomic E-state index is -0.379. The van der Waals surface area contributed by atoms with Crippen LogP contribution >= 0.6 is 24.0 Å². The van der Waals surface area contributed by atoms with Crippen LogP contribution in [-0.2, 0) is 11.3 Å². The standard InChI is InChI=1S/C20H29FN4O.HI/c1-3-26-11-10-20(8-4-5-9-20)15-25-19(23-2)24-14-17-7-6-16(13-22)12-18(17)21;/h6-7,12H,3-5,8-11,14-15H2,1-2H3,(H2,23,24,25);1H. The topological polar surface area (TPSA) is 69.4 Å². The lowest BCUT2D eigenvalue weighted by Crippen LogP contribution is -2.43. The first-order valence-corrected chi connectivity index (χ1v) is 9.33. The molecule has 1 aliphatic rings. The van der Waals surface area contributed by atoms with Crippen LogP contribution in [-0.4, -0.2) is 32.8 Å². The van der Waals surface area contributed by atoms with E-state index in [1.807, 2.05) is 13.0 Å². The van der Waals surface area contributed by atoms with Crippen molar-refractivity contribution in [1.82, 2.24) is 10.6 Å². The normalized spacial score (nSPS) is 15.7. The molecule has 150 valence electrons. The van der Waals surface area contributed by atoms with E-state index in [-0.39, 0.29) is 35.2 Å². The van der Waals surface area contributed by atoms with Crippen LogP contribution in [0.25, 0.3) is 0 Å². The third kappa shape index (κ3) is 7.26. The summed E-state index contributed by atoms with van der Waals surface area (Å²) in [6.45, 7) is 4.73. The average molecular weight is 488 g/mol. The Morgan fingerprint density at radius 3 is 2.67 bits per heavy atom. The van der Waals surface area contributed by atoms with Crippen LogP contribution in [0.15, 0.2) is 23.2 Å². The minimum Gasteiger partial charge on any atom is -0.382 e. The van der Waals surface area contributed by atoms with Crippen molar-refractivity contribution in [2.45, 2.75) is 45.6 Å². The van der Waals surface area contributed by atoms with Crippen molar-refractivity contribution in [2.24, 2.45) is 10.4 Å². The van der Waals surface area contributed by atoms with Gasteiger partial charge in [-0.05, 0) is 43.7 Å². The zero-order valence-electron chi connectivity index (χ0n) is 16.2. The molecule has 2 rings (SSSR count). The van der Waals surface area contributed by atoms with Gasteiger partial charge in [0.15, 0.2) is 5.96 Å². The molecule has 5 nitrogen and oxygen atoms in total. The van der Waals surface area contributed by atoms with Crippen molar-refractivity contribution in [2.75, 3.05) is 26.8 Å². The lowest BCUT2D eigenvalue weighted by atomic mass is 9.83. The van der Waals surface area contributed by atoms with Gasteiger partial charge in [0.2, 0.25) is 0 Å². The first-order chi connectivity index (χ1) is 12.6. The van der Waals surface area contributed by atoms with Gasteiger partial charge in [-0.2, -0.15) is 5.26 Å². The SMILES string of the molecule is CCOCCC1(CNC(=NC)NCc2ccc(C#N)cc2F)CCCC1.I. The highest BCUT2D eigenvalue weighted by Crippen LogP contribution is 2.40. The predicted octanol–water partition coefficient (Wildman–Crippen LogP) is 3.97. The Morgan fingerprint density at radius 1 is 1.33 bits per heavy atom. The fourth-order valence-electron chi connectivity index (χ4n) is 3.50. The maximum atomic E-state index is 14.0. The van der Waals surface area contributed by atoms with Crippen LogP contribution in [0, 0.1) is 22.6 Å². The van der Waals surface area contributed by atoms with Crippen molar-refractivity contribution in [3.63, 3.8) is 0 Å². The van der Waals surface area contributed by atoms with E-state index >= 15 is 0 Å². The molecular formula is C20H30FIN4O. The summed E-state index contributed by atoms with van der Waals surface area (Å²) in [5, 5.41) is 15.4. The maximum absolute atomic E-state index is 14.0. The second-order valence-corrected chi connectivity index (χ2v) is 6.85. The molecule has 2 N–H and O–H groups in total. The number of halogens is 2. The summed E-state index contributed by atoms with van der Waals surface area (Å²) in [5.41, 5.74) is 1.09. The molecule has 0 bridgehead atoms. The molecule has 0 aromatic heterocycles. The number of ether oxygens (including phenoxy) is 1. The van der Waals surface area contributed by atoms with Gasteiger partial charge >= 0.3 is 0 Å². The lowest BCUT2D eigenvalue weighted by molar-refractivity contribution is 0.105. The number of benzene rings is 1. The van der Waals surface area contributed by atoms with Gasteiger partial charge in [-0.3, -0.25) is 4.99 Å². The quantitative estimate of drug-likeness (QED) is 0.252. The molecule has 0 atom stereocenters. The first-order valence-electron chi connectivity index (χ1n) is 9.33. The molecule has 1 aliphatic carbocycles. The fourth-order valence-corrected chi connectivity index (χ4v) is 3.50. The second-order valence-electron chi connectivity index (χ2n) is 6.85. The lowest BCUT2D eigenvalue weighted by Gasteiger charge is -2.30. The monoisotopic (exact) mass is 488 g/mol. The largest absolute Gasteiger partial charge is 0.382 e. The van der Waals surface area contributed by atoms with Crippen molar-refractivity contribution in [3.8, 4) is 6.07 Å². The van der Waals surface area contributed by atoms with E-state index in [9.17, 15) is 4.39 Å². The molecule has 27 heavy (non-hydrogen) atoms. The molecule has 0 saturated heterocycles. The van der Waals surface area contributed by atoms with E-state index < -0.39 is 0 Å². The van der Waals surface area contributed by atoms with Crippen molar-refractivity contribution >= 4 is 29.9 Å². The van der Waals surface area contributed by atoms with Crippen molar-refractivity contribution in [3.05, 3.63) is 35.1 Å². The summed E-state index contributed by atoms with van der Waals surface area (Å²) in [6, 6.07) is 6.46. The van der Waals surface area contributed by atoms with Gasteiger partial charge in [0, 0.05) is 38.9 Å². The molecule has 0 heterocycles. The summed E-state index contributed by atoms with van der Waals surface area (Å²) in [5.74, 6) is 0.285. The molecule has 1 saturated carbocycles. The average Bonchev–Trinajstić information content (AvgIpc) is 3.12. The third-order valence-electron chi connectivity index (χ3n) is 5.13. The molecular weight excluding hydrogens is 458 g/mol. The van der Waals surface area contributed by atoms with E-state index in [2.05, 4.69) is 15.6 Å². The number of aliphatic imine (C=N–C) groups is 1. The van der Waals surface area contributed by atoms with E-state index in [1.165, 1.54) is 31.7 Å². The third-order valence-corrected chi connectivity index (χ3v) is 5.13. The van der Waals surface area contributed by atoms with Gasteiger partial charge in [-0.1, -0.05) is 18.9 Å². The number of rotatable bonds is 8. The van der Waals surface area contributed by atoms with Gasteiger partial charge < -0.3 is 15.4 Å². The van der Waals surface area contributed by atoms with Gasteiger partial charge in [0.25, 0.3) is 0 Å².